The molecule has 0 unspecified atom stereocenters. The van der Waals surface area contributed by atoms with Gasteiger partial charge >= 0.3 is 0 Å². The molecule has 0 atom stereocenters. The van der Waals surface area contributed by atoms with Crippen LogP contribution in [0.15, 0.2) is 24.3 Å². The minimum absolute atomic E-state index is 0.289. The van der Waals surface area contributed by atoms with Gasteiger partial charge in [0.05, 0.1) is 0 Å². The fraction of sp³-hybridized carbons (Fsp3) is 0.500. The summed E-state index contributed by atoms with van der Waals surface area (Å²) in [4.78, 5) is 0. The van der Waals surface area contributed by atoms with E-state index in [9.17, 15) is 0 Å². The Morgan fingerprint density at radius 3 is 1.84 bits per heavy atom. The van der Waals surface area contributed by atoms with Crippen LogP contribution in [0.3, 0.4) is 0 Å². The summed E-state index contributed by atoms with van der Waals surface area (Å²) in [6.07, 6.45) is 0. The first kappa shape index (κ1) is 18.3. The summed E-state index contributed by atoms with van der Waals surface area (Å²) in [6, 6.07) is 7.21. The van der Waals surface area contributed by atoms with E-state index in [1.165, 1.54) is 0 Å². The van der Waals surface area contributed by atoms with Crippen molar-refractivity contribution < 1.29 is 0 Å². The van der Waals surface area contributed by atoms with Crippen LogP contribution in [0.25, 0.3) is 0 Å². The summed E-state index contributed by atoms with van der Waals surface area (Å²) >= 11 is 42.0. The van der Waals surface area contributed by atoms with E-state index in [2.05, 4.69) is 0 Å². The third-order valence-electron chi connectivity index (χ3n) is 2.67. The van der Waals surface area contributed by atoms with Gasteiger partial charge in [-0.15, -0.1) is 0 Å². The average molecular weight is 403 g/mol. The lowest BCUT2D eigenvalue weighted by Crippen LogP contribution is -2.45. The van der Waals surface area contributed by atoms with Crippen LogP contribution in [0.1, 0.15) is 30.9 Å². The zero-order valence-corrected chi connectivity index (χ0v) is 15.3. The molecule has 0 amide bonds. The van der Waals surface area contributed by atoms with Crippen LogP contribution >= 0.6 is 81.2 Å². The van der Waals surface area contributed by atoms with Gasteiger partial charge in [0, 0.05) is 0 Å². The van der Waals surface area contributed by atoms with Crippen molar-refractivity contribution in [1.29, 1.82) is 0 Å². The highest BCUT2D eigenvalue weighted by atomic mass is 35.6. The maximum absolute atomic E-state index is 6.26. The fourth-order valence-corrected chi connectivity index (χ4v) is 2.90. The van der Waals surface area contributed by atoms with E-state index >= 15 is 0 Å². The van der Waals surface area contributed by atoms with E-state index < -0.39 is 12.5 Å². The summed E-state index contributed by atoms with van der Waals surface area (Å²) < 4.78 is -5.83. The van der Waals surface area contributed by atoms with Gasteiger partial charge in [-0.3, -0.25) is 0 Å². The Hall–Kier alpha value is 1.25. The monoisotopic (exact) mass is 400 g/mol. The van der Waals surface area contributed by atoms with Gasteiger partial charge < -0.3 is 0 Å². The van der Waals surface area contributed by atoms with Crippen molar-refractivity contribution in [3.63, 3.8) is 0 Å². The Kier molecular flexibility index (Phi) is 5.94. The van der Waals surface area contributed by atoms with Gasteiger partial charge in [0.25, 0.3) is 0 Å². The first-order valence-electron chi connectivity index (χ1n) is 5.34. The highest BCUT2D eigenvalue weighted by molar-refractivity contribution is 6.78. The number of rotatable bonds is 3. The molecule has 0 saturated carbocycles. The molecule has 1 rings (SSSR count). The number of alkyl halides is 7. The SMILES string of the molecule is CC(C)c1cccc(C(Cl)(Cl)C(Cl)(Cl)C(Cl)(Cl)Cl)c1. The van der Waals surface area contributed by atoms with Crippen LogP contribution < -0.4 is 0 Å². The van der Waals surface area contributed by atoms with Crippen LogP contribution in [-0.4, -0.2) is 8.13 Å². The molecule has 0 aromatic heterocycles. The third-order valence-corrected chi connectivity index (χ3v) is 6.62. The van der Waals surface area contributed by atoms with Crippen molar-refractivity contribution in [2.24, 2.45) is 0 Å². The zero-order valence-electron chi connectivity index (χ0n) is 10.0. The second-order valence-corrected chi connectivity index (χ2v) is 9.36. The van der Waals surface area contributed by atoms with Crippen molar-refractivity contribution in [1.82, 2.24) is 0 Å². The van der Waals surface area contributed by atoms with Crippen molar-refractivity contribution >= 4 is 81.2 Å². The molecule has 0 bridgehead atoms. The number of benzene rings is 1. The summed E-state index contributed by atoms with van der Waals surface area (Å²) in [5, 5.41) is 0. The van der Waals surface area contributed by atoms with Crippen molar-refractivity contribution in [2.45, 2.75) is 32.2 Å². The number of halogens is 7. The zero-order chi connectivity index (χ0) is 15.1. The molecule has 108 valence electrons. The smallest absolute Gasteiger partial charge is 0.0930 e. The molecule has 0 fully saturated rings. The van der Waals surface area contributed by atoms with Crippen LogP contribution in [-0.2, 0) is 4.33 Å². The highest BCUT2D eigenvalue weighted by Crippen LogP contribution is 2.60. The second-order valence-electron chi connectivity index (χ2n) is 4.43. The lowest BCUT2D eigenvalue weighted by molar-refractivity contribution is 0.696. The van der Waals surface area contributed by atoms with E-state index in [1.807, 2.05) is 19.9 Å². The van der Waals surface area contributed by atoms with Crippen LogP contribution in [0.4, 0.5) is 0 Å². The van der Waals surface area contributed by atoms with Gasteiger partial charge in [-0.2, -0.15) is 0 Å². The van der Waals surface area contributed by atoms with E-state index in [1.54, 1.807) is 18.2 Å². The summed E-state index contributed by atoms with van der Waals surface area (Å²) in [6.45, 7) is 4.07. The number of hydrogen-bond acceptors (Lipinski definition) is 0. The molecule has 19 heavy (non-hydrogen) atoms. The molecule has 0 aliphatic rings. The first-order chi connectivity index (χ1) is 8.41. The third kappa shape index (κ3) is 3.72. The second kappa shape index (κ2) is 6.16. The minimum atomic E-state index is -2.05. The largest absolute Gasteiger partial charge is 0.226 e. The predicted octanol–water partition coefficient (Wildman–Crippen LogP) is 6.98. The topological polar surface area (TPSA) is 0 Å². The summed E-state index contributed by atoms with van der Waals surface area (Å²) in [5.41, 5.74) is 1.50. The molecule has 0 saturated heterocycles. The van der Waals surface area contributed by atoms with Gasteiger partial charge in [-0.25, -0.2) is 0 Å². The Balaban J connectivity index is 3.31. The molecule has 0 radical (unpaired) electrons. The molecule has 1 aromatic carbocycles. The van der Waals surface area contributed by atoms with Gasteiger partial charge in [0.2, 0.25) is 8.13 Å². The van der Waals surface area contributed by atoms with E-state index in [0.717, 1.165) is 5.56 Å². The molecule has 0 heterocycles. The molecular weight excluding hydrogens is 392 g/mol. The Labute approximate surface area is 148 Å². The molecular formula is C12H11Cl7. The molecule has 1 aromatic rings. The molecule has 7 heteroatoms. The summed E-state index contributed by atoms with van der Waals surface area (Å²) in [7, 11) is 0. The van der Waals surface area contributed by atoms with Crippen molar-refractivity contribution in [2.75, 3.05) is 0 Å². The van der Waals surface area contributed by atoms with E-state index in [-0.39, 0.29) is 5.92 Å². The van der Waals surface area contributed by atoms with Crippen LogP contribution in [0, 0.1) is 0 Å². The average Bonchev–Trinajstić information content (AvgIpc) is 2.27. The lowest BCUT2D eigenvalue weighted by atomic mass is 9.98. The fourth-order valence-electron chi connectivity index (χ4n) is 1.45. The Morgan fingerprint density at radius 2 is 1.42 bits per heavy atom. The lowest BCUT2D eigenvalue weighted by Gasteiger charge is -2.38. The first-order valence-corrected chi connectivity index (χ1v) is 7.98. The van der Waals surface area contributed by atoms with Crippen LogP contribution in [0.2, 0.25) is 0 Å². The quantitative estimate of drug-likeness (QED) is 0.478. The standard InChI is InChI=1S/C12H11Cl7/c1-7(2)8-4-3-5-9(6-8)10(13,14)11(15,16)12(17,18)19/h3-7H,1-2H3. The maximum Gasteiger partial charge on any atom is 0.226 e. The van der Waals surface area contributed by atoms with Gasteiger partial charge in [-0.1, -0.05) is 119 Å². The predicted molar refractivity (Wildman–Crippen MR) is 88.6 cm³/mol. The Morgan fingerprint density at radius 1 is 0.895 bits per heavy atom. The minimum Gasteiger partial charge on any atom is -0.0930 e. The van der Waals surface area contributed by atoms with E-state index in [4.69, 9.17) is 81.2 Å². The molecule has 0 aliphatic carbocycles. The molecule has 0 N–H and O–H groups in total. The molecule has 0 spiro atoms. The van der Waals surface area contributed by atoms with Gasteiger partial charge in [0.15, 0.2) is 4.33 Å². The van der Waals surface area contributed by atoms with Crippen molar-refractivity contribution in [3.05, 3.63) is 35.4 Å². The Bertz CT molecular complexity index is 446. The van der Waals surface area contributed by atoms with Crippen molar-refractivity contribution in [3.8, 4) is 0 Å². The number of hydrogen-bond donors (Lipinski definition) is 0. The molecule has 0 aliphatic heterocycles. The van der Waals surface area contributed by atoms with Gasteiger partial charge in [-0.05, 0) is 17.0 Å². The maximum atomic E-state index is 6.26. The highest BCUT2D eigenvalue weighted by Gasteiger charge is 2.60. The summed E-state index contributed by atoms with van der Waals surface area (Å²) in [5.74, 6) is 0.289. The van der Waals surface area contributed by atoms with Gasteiger partial charge in [0.1, 0.15) is 0 Å². The normalized spacial score (nSPS) is 14.0. The van der Waals surface area contributed by atoms with Crippen LogP contribution in [0.5, 0.6) is 0 Å². The van der Waals surface area contributed by atoms with E-state index in [0.29, 0.717) is 5.56 Å². The molecule has 0 nitrogen and oxygen atoms in total.